The molecular weight excluding hydrogens is 330 g/mol. The molecule has 0 atom stereocenters. The zero-order valence-corrected chi connectivity index (χ0v) is 12.5. The van der Waals surface area contributed by atoms with Gasteiger partial charge in [-0.2, -0.15) is 0 Å². The molecular formula is C13H12BrNO3S. The molecule has 0 aliphatic heterocycles. The number of halogens is 1. The Balaban J connectivity index is 2.34. The monoisotopic (exact) mass is 341 g/mol. The largest absolute Gasteiger partial charge is 0.455 e. The summed E-state index contributed by atoms with van der Waals surface area (Å²) in [7, 11) is -3.25. The molecule has 0 aliphatic carbocycles. The fourth-order valence-corrected chi connectivity index (χ4v) is 2.54. The average Bonchev–Trinajstić information content (AvgIpc) is 2.32. The Morgan fingerprint density at radius 1 is 1.16 bits per heavy atom. The molecule has 0 aliphatic rings. The fourth-order valence-electron chi connectivity index (χ4n) is 1.51. The first-order chi connectivity index (χ1) is 8.86. The number of sulfone groups is 1. The van der Waals surface area contributed by atoms with Crippen molar-refractivity contribution < 1.29 is 13.2 Å². The number of rotatable bonds is 3. The molecule has 100 valence electrons. The van der Waals surface area contributed by atoms with Crippen molar-refractivity contribution in [3.63, 3.8) is 0 Å². The van der Waals surface area contributed by atoms with Gasteiger partial charge in [0.2, 0.25) is 0 Å². The Kier molecular flexibility index (Phi) is 3.82. The Labute approximate surface area is 120 Å². The highest BCUT2D eigenvalue weighted by Crippen LogP contribution is 2.30. The van der Waals surface area contributed by atoms with Crippen LogP contribution in [0.2, 0.25) is 0 Å². The molecule has 0 fully saturated rings. The van der Waals surface area contributed by atoms with Gasteiger partial charge in [-0.05, 0) is 36.4 Å². The fraction of sp³-hybridized carbons (Fsp3) is 0.0769. The Hall–Kier alpha value is -1.53. The molecule has 2 aromatic rings. The van der Waals surface area contributed by atoms with Crippen LogP contribution in [-0.2, 0) is 9.84 Å². The summed E-state index contributed by atoms with van der Waals surface area (Å²) in [5, 5.41) is 0. The van der Waals surface area contributed by atoms with Crippen LogP contribution in [0.4, 0.5) is 5.69 Å². The van der Waals surface area contributed by atoms with Gasteiger partial charge >= 0.3 is 0 Å². The van der Waals surface area contributed by atoms with Crippen molar-refractivity contribution in [2.45, 2.75) is 4.90 Å². The lowest BCUT2D eigenvalue weighted by Gasteiger charge is -2.09. The number of hydrogen-bond donors (Lipinski definition) is 1. The van der Waals surface area contributed by atoms with Gasteiger partial charge in [0.05, 0.1) is 10.6 Å². The van der Waals surface area contributed by atoms with Crippen LogP contribution in [0.3, 0.4) is 0 Å². The lowest BCUT2D eigenvalue weighted by molar-refractivity contribution is 0.483. The molecule has 6 heteroatoms. The average molecular weight is 342 g/mol. The highest BCUT2D eigenvalue weighted by atomic mass is 79.9. The molecule has 0 heterocycles. The highest BCUT2D eigenvalue weighted by molar-refractivity contribution is 9.10. The van der Waals surface area contributed by atoms with E-state index in [0.717, 1.165) is 10.7 Å². The lowest BCUT2D eigenvalue weighted by Crippen LogP contribution is -1.97. The summed E-state index contributed by atoms with van der Waals surface area (Å²) in [6, 6.07) is 11.5. The maximum atomic E-state index is 11.5. The summed E-state index contributed by atoms with van der Waals surface area (Å²) < 4.78 is 29.4. The summed E-state index contributed by atoms with van der Waals surface area (Å²) >= 11 is 3.30. The van der Waals surface area contributed by atoms with E-state index in [1.165, 1.54) is 12.1 Å². The van der Waals surface area contributed by atoms with Gasteiger partial charge in [-0.1, -0.05) is 22.0 Å². The third-order valence-electron chi connectivity index (χ3n) is 2.43. The molecule has 0 unspecified atom stereocenters. The smallest absolute Gasteiger partial charge is 0.175 e. The van der Waals surface area contributed by atoms with Gasteiger partial charge in [0.1, 0.15) is 11.5 Å². The summed E-state index contributed by atoms with van der Waals surface area (Å²) in [4.78, 5) is 0.209. The van der Waals surface area contributed by atoms with E-state index in [1.807, 2.05) is 0 Å². The molecule has 2 rings (SSSR count). The predicted octanol–water partition coefficient (Wildman–Crippen LogP) is 3.23. The normalized spacial score (nSPS) is 11.3. The van der Waals surface area contributed by atoms with E-state index < -0.39 is 9.84 Å². The van der Waals surface area contributed by atoms with Gasteiger partial charge < -0.3 is 10.5 Å². The van der Waals surface area contributed by atoms with Crippen molar-refractivity contribution in [1.82, 2.24) is 0 Å². The minimum Gasteiger partial charge on any atom is -0.455 e. The van der Waals surface area contributed by atoms with Gasteiger partial charge in [-0.15, -0.1) is 0 Å². The highest BCUT2D eigenvalue weighted by Gasteiger charge is 2.09. The minimum atomic E-state index is -3.25. The van der Waals surface area contributed by atoms with E-state index in [-0.39, 0.29) is 4.90 Å². The van der Waals surface area contributed by atoms with E-state index in [9.17, 15) is 8.42 Å². The van der Waals surface area contributed by atoms with Gasteiger partial charge in [-0.25, -0.2) is 8.42 Å². The summed E-state index contributed by atoms with van der Waals surface area (Å²) in [6.45, 7) is 0. The maximum absolute atomic E-state index is 11.5. The van der Waals surface area contributed by atoms with E-state index in [4.69, 9.17) is 10.5 Å². The van der Waals surface area contributed by atoms with Gasteiger partial charge in [0, 0.05) is 10.7 Å². The molecule has 0 radical (unpaired) electrons. The van der Waals surface area contributed by atoms with Crippen LogP contribution in [-0.4, -0.2) is 14.7 Å². The molecule has 2 N–H and O–H groups in total. The first-order valence-corrected chi connectivity index (χ1v) is 8.08. The topological polar surface area (TPSA) is 69.4 Å². The minimum absolute atomic E-state index is 0.209. The second-order valence-corrected chi connectivity index (χ2v) is 6.96. The van der Waals surface area contributed by atoms with Crippen LogP contribution in [0.5, 0.6) is 11.5 Å². The summed E-state index contributed by atoms with van der Waals surface area (Å²) in [6.07, 6.45) is 1.15. The molecule has 4 nitrogen and oxygen atoms in total. The molecule has 0 saturated heterocycles. The van der Waals surface area contributed by atoms with Crippen molar-refractivity contribution in [1.29, 1.82) is 0 Å². The molecule has 0 aromatic heterocycles. The summed E-state index contributed by atoms with van der Waals surface area (Å²) in [5.74, 6) is 0.908. The third-order valence-corrected chi connectivity index (χ3v) is 4.04. The van der Waals surface area contributed by atoms with Crippen LogP contribution in [0.15, 0.2) is 51.8 Å². The lowest BCUT2D eigenvalue weighted by atomic mass is 10.3. The zero-order valence-electron chi connectivity index (χ0n) is 10.1. The Morgan fingerprint density at radius 3 is 2.53 bits per heavy atom. The predicted molar refractivity (Wildman–Crippen MR) is 78.2 cm³/mol. The van der Waals surface area contributed by atoms with Crippen molar-refractivity contribution in [3.05, 3.63) is 46.9 Å². The van der Waals surface area contributed by atoms with Crippen LogP contribution >= 0.6 is 15.9 Å². The maximum Gasteiger partial charge on any atom is 0.175 e. The molecule has 0 spiro atoms. The van der Waals surface area contributed by atoms with Gasteiger partial charge in [-0.3, -0.25) is 0 Å². The molecule has 0 saturated carbocycles. The molecule has 0 amide bonds. The van der Waals surface area contributed by atoms with Crippen LogP contribution < -0.4 is 10.5 Å². The molecule has 2 aromatic carbocycles. The third kappa shape index (κ3) is 3.48. The quantitative estimate of drug-likeness (QED) is 0.870. The number of nitrogens with two attached hydrogens (primary N) is 1. The van der Waals surface area contributed by atoms with Crippen molar-refractivity contribution in [3.8, 4) is 11.5 Å². The van der Waals surface area contributed by atoms with Crippen molar-refractivity contribution >= 4 is 31.5 Å². The second kappa shape index (κ2) is 5.22. The van der Waals surface area contributed by atoms with Crippen molar-refractivity contribution in [2.75, 3.05) is 12.0 Å². The van der Waals surface area contributed by atoms with Crippen LogP contribution in [0.1, 0.15) is 0 Å². The number of benzene rings is 2. The van der Waals surface area contributed by atoms with Crippen LogP contribution in [0, 0.1) is 0 Å². The van der Waals surface area contributed by atoms with E-state index >= 15 is 0 Å². The van der Waals surface area contributed by atoms with E-state index in [0.29, 0.717) is 17.2 Å². The van der Waals surface area contributed by atoms with Gasteiger partial charge in [0.15, 0.2) is 9.84 Å². The Morgan fingerprint density at radius 2 is 1.89 bits per heavy atom. The summed E-state index contributed by atoms with van der Waals surface area (Å²) in [5.41, 5.74) is 6.29. The standard InChI is InChI=1S/C13H12BrNO3S/c1-19(16,17)11-4-2-3-10(8-11)18-13-6-5-9(14)7-12(13)15/h2-8H,15H2,1H3. The second-order valence-electron chi connectivity index (χ2n) is 4.03. The van der Waals surface area contributed by atoms with E-state index in [2.05, 4.69) is 15.9 Å². The number of anilines is 1. The van der Waals surface area contributed by atoms with Crippen molar-refractivity contribution in [2.24, 2.45) is 0 Å². The molecule has 0 bridgehead atoms. The van der Waals surface area contributed by atoms with Gasteiger partial charge in [0.25, 0.3) is 0 Å². The van der Waals surface area contributed by atoms with Crippen LogP contribution in [0.25, 0.3) is 0 Å². The number of nitrogen functional groups attached to an aromatic ring is 1. The Bertz CT molecular complexity index is 714. The molecule has 19 heavy (non-hydrogen) atoms. The zero-order chi connectivity index (χ0) is 14.0. The SMILES string of the molecule is CS(=O)(=O)c1cccc(Oc2ccc(Br)cc2N)c1. The number of ether oxygens (including phenoxy) is 1. The van der Waals surface area contributed by atoms with E-state index in [1.54, 1.807) is 30.3 Å². The first kappa shape index (κ1) is 13.9. The first-order valence-electron chi connectivity index (χ1n) is 5.39. The number of hydrogen-bond acceptors (Lipinski definition) is 4.